The summed E-state index contributed by atoms with van der Waals surface area (Å²) in [5.41, 5.74) is 4.16. The summed E-state index contributed by atoms with van der Waals surface area (Å²) < 4.78 is 0. The molecule has 0 spiro atoms. The second-order valence-corrected chi connectivity index (χ2v) is 8.14. The number of H-pyrrole nitrogens is 1. The number of fused-ring (bicyclic) bond motifs is 1. The second-order valence-electron chi connectivity index (χ2n) is 7.06. The van der Waals surface area contributed by atoms with Crippen molar-refractivity contribution in [3.05, 3.63) is 45.2 Å². The highest BCUT2D eigenvalue weighted by atomic mass is 32.1. The molecule has 3 heterocycles. The molecular formula is C20H24N4OS. The molecule has 0 saturated carbocycles. The molecule has 1 atom stereocenters. The molecule has 3 aromatic rings. The number of likely N-dealkylation sites (tertiary alicyclic amines) is 1. The van der Waals surface area contributed by atoms with Crippen LogP contribution in [-0.2, 0) is 6.42 Å². The van der Waals surface area contributed by atoms with Crippen molar-refractivity contribution < 1.29 is 4.79 Å². The Morgan fingerprint density at radius 1 is 1.35 bits per heavy atom. The number of amides is 1. The van der Waals surface area contributed by atoms with E-state index in [0.717, 1.165) is 64.8 Å². The zero-order valence-corrected chi connectivity index (χ0v) is 16.3. The molecule has 1 amide bonds. The normalized spacial score (nSPS) is 17.8. The highest BCUT2D eigenvalue weighted by Gasteiger charge is 2.29. The van der Waals surface area contributed by atoms with E-state index in [0.29, 0.717) is 0 Å². The van der Waals surface area contributed by atoms with Gasteiger partial charge in [0.1, 0.15) is 10.7 Å². The fourth-order valence-electron chi connectivity index (χ4n) is 3.72. The van der Waals surface area contributed by atoms with E-state index in [1.165, 1.54) is 16.9 Å². The molecule has 1 unspecified atom stereocenters. The molecule has 0 radical (unpaired) electrons. The number of carbonyl (C=O) groups is 1. The number of nitrogens with zero attached hydrogens (tertiary/aromatic N) is 3. The quantitative estimate of drug-likeness (QED) is 0.753. The Morgan fingerprint density at radius 3 is 2.92 bits per heavy atom. The van der Waals surface area contributed by atoms with E-state index in [9.17, 15) is 4.79 Å². The molecule has 1 saturated heterocycles. The molecule has 1 aliphatic heterocycles. The van der Waals surface area contributed by atoms with Crippen LogP contribution in [0, 0.1) is 13.8 Å². The Kier molecular flexibility index (Phi) is 4.53. The van der Waals surface area contributed by atoms with Gasteiger partial charge in [-0.25, -0.2) is 9.97 Å². The third-order valence-electron chi connectivity index (χ3n) is 5.17. The maximum Gasteiger partial charge on any atom is 0.265 e. The maximum atomic E-state index is 13.0. The summed E-state index contributed by atoms with van der Waals surface area (Å²) in [5.74, 6) is 1.39. The van der Waals surface area contributed by atoms with Crippen molar-refractivity contribution in [2.24, 2.45) is 0 Å². The fourth-order valence-corrected chi connectivity index (χ4v) is 4.69. The summed E-state index contributed by atoms with van der Waals surface area (Å²) in [6.07, 6.45) is 2.94. The molecule has 1 N–H and O–H groups in total. The van der Waals surface area contributed by atoms with Gasteiger partial charge in [0.25, 0.3) is 5.91 Å². The van der Waals surface area contributed by atoms with Crippen LogP contribution in [0.4, 0.5) is 0 Å². The summed E-state index contributed by atoms with van der Waals surface area (Å²) in [4.78, 5) is 28.6. The SMILES string of the molecule is CCc1nc(C)c(C(=O)N2CCCC(c3nc4c(C)cccc4[nH]3)C2)s1. The van der Waals surface area contributed by atoms with Crippen LogP contribution in [0.2, 0.25) is 0 Å². The first kappa shape index (κ1) is 17.2. The first-order chi connectivity index (χ1) is 12.6. The standard InChI is InChI=1S/C20H24N4OS/c1-4-16-21-13(3)18(26-16)20(25)24-10-6-8-14(11-24)19-22-15-9-5-7-12(2)17(15)23-19/h5,7,9,14H,4,6,8,10-11H2,1-3H3,(H,22,23). The number of piperidine rings is 1. The van der Waals surface area contributed by atoms with E-state index < -0.39 is 0 Å². The average Bonchev–Trinajstić information content (AvgIpc) is 3.25. The Labute approximate surface area is 157 Å². The minimum absolute atomic E-state index is 0.122. The number of hydrogen-bond acceptors (Lipinski definition) is 4. The Bertz CT molecular complexity index is 958. The van der Waals surface area contributed by atoms with E-state index in [-0.39, 0.29) is 11.8 Å². The van der Waals surface area contributed by atoms with Crippen molar-refractivity contribution >= 4 is 28.3 Å². The summed E-state index contributed by atoms with van der Waals surface area (Å²) in [5, 5.41) is 1.03. The van der Waals surface area contributed by atoms with Crippen LogP contribution in [0.15, 0.2) is 18.2 Å². The van der Waals surface area contributed by atoms with Crippen molar-refractivity contribution in [3.63, 3.8) is 0 Å². The number of aromatic amines is 1. The summed E-state index contributed by atoms with van der Waals surface area (Å²) in [7, 11) is 0. The number of aryl methyl sites for hydroxylation is 3. The molecule has 2 aromatic heterocycles. The number of nitrogens with one attached hydrogen (secondary N) is 1. The van der Waals surface area contributed by atoms with Crippen LogP contribution in [0.5, 0.6) is 0 Å². The van der Waals surface area contributed by atoms with Crippen molar-refractivity contribution in [1.29, 1.82) is 0 Å². The van der Waals surface area contributed by atoms with Gasteiger partial charge in [0.05, 0.1) is 21.7 Å². The fraction of sp³-hybridized carbons (Fsp3) is 0.450. The topological polar surface area (TPSA) is 61.9 Å². The second kappa shape index (κ2) is 6.83. The lowest BCUT2D eigenvalue weighted by Crippen LogP contribution is -2.39. The Balaban J connectivity index is 1.57. The summed E-state index contributed by atoms with van der Waals surface area (Å²) >= 11 is 1.54. The molecule has 26 heavy (non-hydrogen) atoms. The lowest BCUT2D eigenvalue weighted by atomic mass is 9.97. The van der Waals surface area contributed by atoms with Gasteiger partial charge in [-0.2, -0.15) is 0 Å². The average molecular weight is 369 g/mol. The number of aromatic nitrogens is 3. The number of rotatable bonds is 3. The molecule has 0 aliphatic carbocycles. The molecule has 4 rings (SSSR count). The monoisotopic (exact) mass is 368 g/mol. The maximum absolute atomic E-state index is 13.0. The van der Waals surface area contributed by atoms with Gasteiger partial charge < -0.3 is 9.88 Å². The molecule has 0 bridgehead atoms. The van der Waals surface area contributed by atoms with E-state index in [4.69, 9.17) is 4.98 Å². The minimum Gasteiger partial charge on any atom is -0.342 e. The molecule has 1 fully saturated rings. The van der Waals surface area contributed by atoms with E-state index in [2.05, 4.69) is 35.9 Å². The summed E-state index contributed by atoms with van der Waals surface area (Å²) in [6.45, 7) is 7.63. The third-order valence-corrected chi connectivity index (χ3v) is 6.46. The van der Waals surface area contributed by atoms with Crippen LogP contribution in [0.3, 0.4) is 0 Å². The molecule has 136 valence electrons. The number of para-hydroxylation sites is 1. The zero-order valence-electron chi connectivity index (χ0n) is 15.5. The van der Waals surface area contributed by atoms with Crippen molar-refractivity contribution in [3.8, 4) is 0 Å². The van der Waals surface area contributed by atoms with E-state index in [1.54, 1.807) is 0 Å². The molecule has 5 nitrogen and oxygen atoms in total. The van der Waals surface area contributed by atoms with Crippen LogP contribution in [0.1, 0.15) is 57.4 Å². The smallest absolute Gasteiger partial charge is 0.265 e. The first-order valence-corrected chi connectivity index (χ1v) is 10.1. The number of hydrogen-bond donors (Lipinski definition) is 1. The molecule has 1 aromatic carbocycles. The third kappa shape index (κ3) is 3.03. The van der Waals surface area contributed by atoms with Crippen LogP contribution >= 0.6 is 11.3 Å². The number of thiazole rings is 1. The van der Waals surface area contributed by atoms with Crippen molar-refractivity contribution in [2.75, 3.05) is 13.1 Å². The predicted octanol–water partition coefficient (Wildman–Crippen LogP) is 4.22. The van der Waals surface area contributed by atoms with Gasteiger partial charge in [0.2, 0.25) is 0 Å². The van der Waals surface area contributed by atoms with Crippen LogP contribution in [-0.4, -0.2) is 38.8 Å². The van der Waals surface area contributed by atoms with Gasteiger partial charge in [-0.1, -0.05) is 19.1 Å². The number of imidazole rings is 1. The van der Waals surface area contributed by atoms with Gasteiger partial charge in [0.15, 0.2) is 0 Å². The number of carbonyl (C=O) groups excluding carboxylic acids is 1. The van der Waals surface area contributed by atoms with E-state index in [1.807, 2.05) is 17.9 Å². The Morgan fingerprint density at radius 2 is 2.19 bits per heavy atom. The van der Waals surface area contributed by atoms with Gasteiger partial charge >= 0.3 is 0 Å². The van der Waals surface area contributed by atoms with E-state index >= 15 is 0 Å². The van der Waals surface area contributed by atoms with Gasteiger partial charge in [-0.3, -0.25) is 4.79 Å². The lowest BCUT2D eigenvalue weighted by molar-refractivity contribution is 0.0709. The molecular weight excluding hydrogens is 344 g/mol. The van der Waals surface area contributed by atoms with Gasteiger partial charge in [-0.15, -0.1) is 11.3 Å². The minimum atomic E-state index is 0.122. The first-order valence-electron chi connectivity index (χ1n) is 9.27. The highest BCUT2D eigenvalue weighted by Crippen LogP contribution is 2.29. The van der Waals surface area contributed by atoms with Crippen molar-refractivity contribution in [1.82, 2.24) is 19.9 Å². The predicted molar refractivity (Wildman–Crippen MR) is 105 cm³/mol. The Hall–Kier alpha value is -2.21. The lowest BCUT2D eigenvalue weighted by Gasteiger charge is -2.31. The largest absolute Gasteiger partial charge is 0.342 e. The van der Waals surface area contributed by atoms with Gasteiger partial charge in [0, 0.05) is 19.0 Å². The van der Waals surface area contributed by atoms with Crippen LogP contribution in [0.25, 0.3) is 11.0 Å². The van der Waals surface area contributed by atoms with Crippen molar-refractivity contribution in [2.45, 2.75) is 46.0 Å². The number of benzene rings is 1. The van der Waals surface area contributed by atoms with Gasteiger partial charge in [-0.05, 0) is 44.7 Å². The zero-order chi connectivity index (χ0) is 18.3. The van der Waals surface area contributed by atoms with Crippen LogP contribution < -0.4 is 0 Å². The molecule has 6 heteroatoms. The highest BCUT2D eigenvalue weighted by molar-refractivity contribution is 7.13. The molecule has 1 aliphatic rings. The summed E-state index contributed by atoms with van der Waals surface area (Å²) in [6, 6.07) is 6.20.